The van der Waals surface area contributed by atoms with Crippen LogP contribution in [-0.4, -0.2) is 26.4 Å². The molecule has 0 amide bonds. The molecule has 0 fully saturated rings. The van der Waals surface area contributed by atoms with Crippen LogP contribution in [0.15, 0.2) is 42.6 Å². The third-order valence-corrected chi connectivity index (χ3v) is 2.61. The van der Waals surface area contributed by atoms with Gasteiger partial charge in [0.1, 0.15) is 5.75 Å². The van der Waals surface area contributed by atoms with Gasteiger partial charge in [-0.1, -0.05) is 12.1 Å². The molecular weight excluding hydrogens is 273 g/mol. The Morgan fingerprint density at radius 2 is 1.65 bits per heavy atom. The lowest BCUT2D eigenvalue weighted by Crippen LogP contribution is -2.16. The van der Waals surface area contributed by atoms with Gasteiger partial charge in [-0.2, -0.15) is 0 Å². The van der Waals surface area contributed by atoms with Gasteiger partial charge in [-0.25, -0.2) is 4.52 Å². The number of ether oxygens (including phenoxy) is 1. The molecule has 0 saturated carbocycles. The molecule has 3 rings (SSSR count). The third-order valence-electron chi connectivity index (χ3n) is 2.61. The summed E-state index contributed by atoms with van der Waals surface area (Å²) in [6.07, 6.45) is -3.00. The molecule has 0 aliphatic carbocycles. The summed E-state index contributed by atoms with van der Waals surface area (Å²) in [5.74, 6) is -0.259. The standard InChI is InChI=1S/C12H7F3N4O/c13-12(14,15)20-10-4-1-8(2-5-10)9-3-6-11-16-17-18-19(11)7-9/h1-7H. The van der Waals surface area contributed by atoms with Crippen LogP contribution in [0.2, 0.25) is 0 Å². The van der Waals surface area contributed by atoms with Crippen LogP contribution in [0.3, 0.4) is 0 Å². The van der Waals surface area contributed by atoms with Crippen molar-refractivity contribution >= 4 is 5.65 Å². The normalized spacial score (nSPS) is 11.8. The molecule has 0 atom stereocenters. The van der Waals surface area contributed by atoms with E-state index in [1.165, 1.54) is 28.8 Å². The molecule has 1 aromatic carbocycles. The minimum Gasteiger partial charge on any atom is -0.406 e. The highest BCUT2D eigenvalue weighted by atomic mass is 19.4. The van der Waals surface area contributed by atoms with E-state index in [-0.39, 0.29) is 5.75 Å². The first-order valence-electron chi connectivity index (χ1n) is 5.55. The highest BCUT2D eigenvalue weighted by molar-refractivity contribution is 5.64. The van der Waals surface area contributed by atoms with E-state index in [2.05, 4.69) is 20.3 Å². The fourth-order valence-electron chi connectivity index (χ4n) is 1.76. The number of tetrazole rings is 1. The number of halogens is 3. The summed E-state index contributed by atoms with van der Waals surface area (Å²) in [4.78, 5) is 0. The zero-order valence-electron chi connectivity index (χ0n) is 9.87. The molecule has 5 nitrogen and oxygen atoms in total. The van der Waals surface area contributed by atoms with Gasteiger partial charge in [-0.3, -0.25) is 0 Å². The van der Waals surface area contributed by atoms with E-state index in [1.807, 2.05) is 0 Å². The Hall–Kier alpha value is -2.64. The van der Waals surface area contributed by atoms with Crippen LogP contribution in [0.1, 0.15) is 0 Å². The fraction of sp³-hybridized carbons (Fsp3) is 0.0833. The fourth-order valence-corrected chi connectivity index (χ4v) is 1.76. The SMILES string of the molecule is FC(F)(F)Oc1ccc(-c2ccc3nnnn3c2)cc1. The predicted octanol–water partition coefficient (Wildman–Crippen LogP) is 2.69. The first-order valence-corrected chi connectivity index (χ1v) is 5.55. The van der Waals surface area contributed by atoms with E-state index >= 15 is 0 Å². The monoisotopic (exact) mass is 280 g/mol. The van der Waals surface area contributed by atoms with E-state index in [0.29, 0.717) is 5.65 Å². The molecule has 0 bridgehead atoms. The molecule has 0 N–H and O–H groups in total. The summed E-state index contributed by atoms with van der Waals surface area (Å²) in [5, 5.41) is 11.0. The maximum Gasteiger partial charge on any atom is 0.573 e. The minimum absolute atomic E-state index is 0.259. The lowest BCUT2D eigenvalue weighted by atomic mass is 10.1. The average molecular weight is 280 g/mol. The van der Waals surface area contributed by atoms with Crippen molar-refractivity contribution in [3.8, 4) is 16.9 Å². The van der Waals surface area contributed by atoms with Crippen LogP contribution < -0.4 is 4.74 Å². The van der Waals surface area contributed by atoms with Crippen molar-refractivity contribution < 1.29 is 17.9 Å². The summed E-state index contributed by atoms with van der Waals surface area (Å²) in [6, 6.07) is 9.08. The van der Waals surface area contributed by atoms with E-state index < -0.39 is 6.36 Å². The van der Waals surface area contributed by atoms with Crippen LogP contribution in [0.25, 0.3) is 16.8 Å². The molecular formula is C12H7F3N4O. The van der Waals surface area contributed by atoms with E-state index in [9.17, 15) is 13.2 Å². The zero-order valence-corrected chi connectivity index (χ0v) is 9.87. The molecule has 0 aliphatic heterocycles. The Morgan fingerprint density at radius 3 is 2.35 bits per heavy atom. The van der Waals surface area contributed by atoms with Gasteiger partial charge in [0.05, 0.1) is 0 Å². The van der Waals surface area contributed by atoms with Crippen LogP contribution in [-0.2, 0) is 0 Å². The van der Waals surface area contributed by atoms with Crippen LogP contribution in [0.5, 0.6) is 5.75 Å². The highest BCUT2D eigenvalue weighted by Crippen LogP contribution is 2.26. The van der Waals surface area contributed by atoms with Crippen LogP contribution in [0, 0.1) is 0 Å². The summed E-state index contributed by atoms with van der Waals surface area (Å²) in [6.45, 7) is 0. The number of pyridine rings is 1. The number of fused-ring (bicyclic) bond motifs is 1. The highest BCUT2D eigenvalue weighted by Gasteiger charge is 2.30. The quantitative estimate of drug-likeness (QED) is 0.724. The summed E-state index contributed by atoms with van der Waals surface area (Å²) < 4.78 is 41.5. The predicted molar refractivity (Wildman–Crippen MR) is 62.9 cm³/mol. The third kappa shape index (κ3) is 2.53. The molecule has 8 heteroatoms. The second kappa shape index (κ2) is 4.48. The maximum absolute atomic E-state index is 12.1. The van der Waals surface area contributed by atoms with Gasteiger partial charge in [0.15, 0.2) is 5.65 Å². The van der Waals surface area contributed by atoms with E-state index in [0.717, 1.165) is 11.1 Å². The van der Waals surface area contributed by atoms with E-state index in [1.54, 1.807) is 18.3 Å². The number of alkyl halides is 3. The topological polar surface area (TPSA) is 52.3 Å². The van der Waals surface area contributed by atoms with Gasteiger partial charge in [0.25, 0.3) is 0 Å². The van der Waals surface area contributed by atoms with Crippen LogP contribution in [0.4, 0.5) is 13.2 Å². The molecule has 0 spiro atoms. The minimum atomic E-state index is -4.69. The van der Waals surface area contributed by atoms with E-state index in [4.69, 9.17) is 0 Å². The molecule has 0 aliphatic rings. The maximum atomic E-state index is 12.1. The molecule has 0 unspecified atom stereocenters. The van der Waals surface area contributed by atoms with Gasteiger partial charge in [0, 0.05) is 11.8 Å². The summed E-state index contributed by atoms with van der Waals surface area (Å²) >= 11 is 0. The molecule has 102 valence electrons. The Kier molecular flexibility index (Phi) is 2.78. The Balaban J connectivity index is 1.90. The van der Waals surface area contributed by atoms with Gasteiger partial charge >= 0.3 is 6.36 Å². The number of hydrogen-bond acceptors (Lipinski definition) is 4. The number of aromatic nitrogens is 4. The molecule has 2 heterocycles. The Morgan fingerprint density at radius 1 is 0.950 bits per heavy atom. The molecule has 3 aromatic rings. The van der Waals surface area contributed by atoms with Crippen molar-refractivity contribution in [2.45, 2.75) is 6.36 Å². The van der Waals surface area contributed by atoms with Gasteiger partial charge < -0.3 is 4.74 Å². The summed E-state index contributed by atoms with van der Waals surface area (Å²) in [7, 11) is 0. The largest absolute Gasteiger partial charge is 0.573 e. The summed E-state index contributed by atoms with van der Waals surface area (Å²) in [5.41, 5.74) is 2.10. The Bertz CT molecular complexity index is 736. The van der Waals surface area contributed by atoms with Gasteiger partial charge in [0.2, 0.25) is 0 Å². The van der Waals surface area contributed by atoms with Crippen molar-refractivity contribution in [1.82, 2.24) is 20.0 Å². The number of nitrogens with zero attached hydrogens (tertiary/aromatic N) is 4. The zero-order chi connectivity index (χ0) is 14.2. The first-order chi connectivity index (χ1) is 9.51. The number of benzene rings is 1. The molecule has 2 aromatic heterocycles. The van der Waals surface area contributed by atoms with Gasteiger partial charge in [-0.15, -0.1) is 18.3 Å². The average Bonchev–Trinajstić information content (AvgIpc) is 2.85. The van der Waals surface area contributed by atoms with Crippen LogP contribution >= 0.6 is 0 Å². The van der Waals surface area contributed by atoms with Gasteiger partial charge in [-0.05, 0) is 40.3 Å². The Labute approximate surface area is 110 Å². The smallest absolute Gasteiger partial charge is 0.406 e. The second-order valence-electron chi connectivity index (χ2n) is 3.97. The van der Waals surface area contributed by atoms with Crippen molar-refractivity contribution in [3.63, 3.8) is 0 Å². The van der Waals surface area contributed by atoms with Crippen molar-refractivity contribution in [1.29, 1.82) is 0 Å². The number of hydrogen-bond donors (Lipinski definition) is 0. The molecule has 20 heavy (non-hydrogen) atoms. The lowest BCUT2D eigenvalue weighted by Gasteiger charge is -2.09. The lowest BCUT2D eigenvalue weighted by molar-refractivity contribution is -0.274. The number of rotatable bonds is 2. The second-order valence-corrected chi connectivity index (χ2v) is 3.97. The first kappa shape index (κ1) is 12.4. The van der Waals surface area contributed by atoms with Crippen molar-refractivity contribution in [2.24, 2.45) is 0 Å². The van der Waals surface area contributed by atoms with Crippen molar-refractivity contribution in [2.75, 3.05) is 0 Å². The molecule has 0 radical (unpaired) electrons. The molecule has 0 saturated heterocycles. The van der Waals surface area contributed by atoms with Crippen molar-refractivity contribution in [3.05, 3.63) is 42.6 Å².